The number of imidazole rings is 1. The van der Waals surface area contributed by atoms with Crippen molar-refractivity contribution in [2.75, 3.05) is 44.3 Å². The molecule has 0 amide bonds. The number of fused-ring (bicyclic) bond motifs is 30. The number of benzene rings is 10. The van der Waals surface area contributed by atoms with E-state index in [9.17, 15) is 0 Å². The van der Waals surface area contributed by atoms with Crippen molar-refractivity contribution in [3.8, 4) is 39.3 Å². The van der Waals surface area contributed by atoms with Gasteiger partial charge in [0.25, 0.3) is 0 Å². The fourth-order valence-corrected chi connectivity index (χ4v) is 14.5. The Bertz CT molecular complexity index is 5200. The van der Waals surface area contributed by atoms with Crippen molar-refractivity contribution in [3.63, 3.8) is 0 Å². The summed E-state index contributed by atoms with van der Waals surface area (Å²) in [7, 11) is 0. The molecule has 0 spiro atoms. The number of aromatic nitrogens is 5. The number of hydrogen-bond donors (Lipinski definition) is 0. The Kier molecular flexibility index (Phi) is 36.4. The minimum atomic E-state index is 0. The van der Waals surface area contributed by atoms with Crippen LogP contribution in [0.1, 0.15) is 36.5 Å². The summed E-state index contributed by atoms with van der Waals surface area (Å²) in [5, 5.41) is 8.72. The van der Waals surface area contributed by atoms with Gasteiger partial charge in [0.05, 0.1) is 41.0 Å². The van der Waals surface area contributed by atoms with Gasteiger partial charge in [-0.15, -0.1) is 62.1 Å². The van der Waals surface area contributed by atoms with Gasteiger partial charge in [0.1, 0.15) is 0 Å². The maximum atomic E-state index is 4.45. The zero-order chi connectivity index (χ0) is 68.5. The molecule has 3 aromatic heterocycles. The van der Waals surface area contributed by atoms with Crippen LogP contribution in [0.4, 0.5) is 51.2 Å². The van der Waals surface area contributed by atoms with E-state index in [1.165, 1.54) is 50.6 Å². The molecule has 10 aliphatic rings. The van der Waals surface area contributed by atoms with E-state index in [-0.39, 0.29) is 175 Å². The zero-order valence-electron chi connectivity index (χ0n) is 67.8. The van der Waals surface area contributed by atoms with E-state index in [0.29, 0.717) is 6.04 Å². The Morgan fingerprint density at radius 2 is 0.754 bits per heavy atom. The maximum Gasteiger partial charge on any atom is 0.0885 e. The van der Waals surface area contributed by atoms with Crippen LogP contribution >= 0.6 is 0 Å². The molecular weight excluding hydrogens is 2350 g/mol. The summed E-state index contributed by atoms with van der Waals surface area (Å²) < 4.78 is 6.30. The fourth-order valence-electron chi connectivity index (χ4n) is 14.5. The first-order valence-corrected chi connectivity index (χ1v) is 34.3. The van der Waals surface area contributed by atoms with Gasteiger partial charge in [-0.3, -0.25) is 4.68 Å². The van der Waals surface area contributed by atoms with E-state index in [1.807, 2.05) is 133 Å². The molecular formula is C98H93Ir5N15-20. The van der Waals surface area contributed by atoms with E-state index in [1.54, 1.807) is 0 Å². The third-order valence-electron chi connectivity index (χ3n) is 19.3. The quantitative estimate of drug-likeness (QED) is 0.158. The minimum Gasteiger partial charge on any atom is -0.505 e. The van der Waals surface area contributed by atoms with Crippen LogP contribution in [0.5, 0.6) is 0 Å². The van der Waals surface area contributed by atoms with Crippen LogP contribution in [0.3, 0.4) is 0 Å². The number of hydrazine groups is 1. The molecule has 15 nitrogen and oxygen atoms in total. The normalized spacial score (nSPS) is 13.3. The van der Waals surface area contributed by atoms with Crippen molar-refractivity contribution in [2.45, 2.75) is 19.9 Å². The first kappa shape index (κ1) is 100. The Balaban J connectivity index is 0.000000301. The average Bonchev–Trinajstić information content (AvgIpc) is 1.60. The zero-order valence-corrected chi connectivity index (χ0v) is 79.8. The summed E-state index contributed by atoms with van der Waals surface area (Å²) in [4.78, 5) is 21.8. The molecule has 0 bridgehead atoms. The second-order valence-corrected chi connectivity index (χ2v) is 25.6. The van der Waals surface area contributed by atoms with Gasteiger partial charge in [0.2, 0.25) is 0 Å². The van der Waals surface area contributed by atoms with Gasteiger partial charge < -0.3 is 133 Å². The third-order valence-corrected chi connectivity index (χ3v) is 19.3. The van der Waals surface area contributed by atoms with Crippen molar-refractivity contribution in [1.29, 1.82) is 0 Å². The third kappa shape index (κ3) is 17.9. The van der Waals surface area contributed by atoms with Crippen molar-refractivity contribution in [1.82, 2.24) is 28.8 Å². The van der Waals surface area contributed by atoms with Crippen LogP contribution in [0, 0.1) is 138 Å². The summed E-state index contributed by atoms with van der Waals surface area (Å²) in [6, 6.07) is 102. The van der Waals surface area contributed by atoms with E-state index in [4.69, 9.17) is 0 Å². The number of anilines is 9. The summed E-state index contributed by atoms with van der Waals surface area (Å²) >= 11 is 0. The molecule has 0 fully saturated rings. The smallest absolute Gasteiger partial charge is 0.0885 e. The topological polar surface area (TPSA) is 73.0 Å². The molecule has 0 aliphatic carbocycles. The first-order chi connectivity index (χ1) is 51.0. The number of nitrogens with zero attached hydrogens (tertiary/aromatic N) is 15. The molecule has 10 aromatic carbocycles. The molecule has 20 heteroatoms. The van der Waals surface area contributed by atoms with Gasteiger partial charge in [0.15, 0.2) is 0 Å². The predicted octanol–water partition coefficient (Wildman–Crippen LogP) is 22.9. The van der Waals surface area contributed by atoms with Crippen LogP contribution in [0.2, 0.25) is 0 Å². The molecule has 0 atom stereocenters. The second-order valence-electron chi connectivity index (χ2n) is 25.6. The molecule has 118 heavy (non-hydrogen) atoms. The summed E-state index contributed by atoms with van der Waals surface area (Å²) in [6.45, 7) is 14.9. The molecule has 5 radical (unpaired) electrons. The van der Waals surface area contributed by atoms with Crippen LogP contribution in [-0.4, -0.2) is 34.8 Å². The van der Waals surface area contributed by atoms with Gasteiger partial charge in [0, 0.05) is 141 Å². The monoisotopic (exact) mass is 2440 g/mol. The maximum absolute atomic E-state index is 4.45. The molecule has 23 rings (SSSR count). The van der Waals surface area contributed by atoms with Crippen LogP contribution in [-0.2, 0) is 101 Å². The number of rotatable bonds is 4. The van der Waals surface area contributed by atoms with Gasteiger partial charge in [-0.05, 0) is 140 Å². The van der Waals surface area contributed by atoms with Crippen LogP contribution in [0.25, 0.3) is 62.1 Å². The van der Waals surface area contributed by atoms with E-state index >= 15 is 0 Å². The summed E-state index contributed by atoms with van der Waals surface area (Å²) in [5.41, 5.74) is 27.6. The minimum absolute atomic E-state index is 0. The predicted molar refractivity (Wildman–Crippen MR) is 476 cm³/mol. The molecule has 625 valence electrons. The number of para-hydroxylation sites is 9. The number of hydrogen-bond acceptors (Lipinski definition) is 12. The van der Waals surface area contributed by atoms with Crippen molar-refractivity contribution < 1.29 is 101 Å². The Morgan fingerprint density at radius 1 is 0.339 bits per heavy atom. The van der Waals surface area contributed by atoms with Crippen molar-refractivity contribution in [2.24, 2.45) is 0 Å². The van der Waals surface area contributed by atoms with Gasteiger partial charge >= 0.3 is 0 Å². The molecule has 0 saturated carbocycles. The van der Waals surface area contributed by atoms with Crippen LogP contribution < -0.4 is 44.3 Å². The van der Waals surface area contributed by atoms with E-state index in [0.717, 1.165) is 85.3 Å². The summed E-state index contributed by atoms with van der Waals surface area (Å²) in [5.74, 6) is 0. The van der Waals surface area contributed by atoms with E-state index < -0.39 is 0 Å². The van der Waals surface area contributed by atoms with Crippen molar-refractivity contribution in [3.05, 3.63) is 471 Å². The van der Waals surface area contributed by atoms with Crippen molar-refractivity contribution >= 4 is 74.0 Å². The SMILES string of the molecule is CC(C)N1C=C2c3ccccc3-c3ccc[c-]c3N2[CH-]1.[CH3-].[CH3-].[CH3-].[CH3-].[CH3-].[CH3-].[CH3-].[CH3-].[CH3-].[CH3-].[Ir].[Ir].[Ir].[Ir].[Ir].[c-]1cccc2c1N1[CH-]C=CN1c1ccccc1-2.[c-]1cccc2c1N1[CH-]N(c3ccccc3)C=C1c1cccn1-2.[c-]1cccc2c1N1[CH-]N(c3ccccc3)C=C1c1ccnn1-2.[c-]1cccc2c1N1[CH-]N(c3ccccc3)C=C1c1cncn1-2. The Morgan fingerprint density at radius 3 is 1.30 bits per heavy atom. The van der Waals surface area contributed by atoms with Gasteiger partial charge in [-0.1, -0.05) is 131 Å². The van der Waals surface area contributed by atoms with Gasteiger partial charge in [-0.25, -0.2) is 4.98 Å². The Hall–Kier alpha value is -10.3. The Labute approximate surface area is 771 Å². The molecule has 13 aromatic rings. The molecule has 13 heterocycles. The van der Waals surface area contributed by atoms with E-state index in [2.05, 4.69) is 329 Å². The average molecular weight is 2440 g/mol. The molecule has 10 aliphatic heterocycles. The second kappa shape index (κ2) is 42.9. The fraction of sp³-hybridized carbons (Fsp3) is 0.0306. The summed E-state index contributed by atoms with van der Waals surface area (Å²) in [6.07, 6.45) is 20.5. The van der Waals surface area contributed by atoms with Gasteiger partial charge in [-0.2, -0.15) is 121 Å². The molecule has 0 unspecified atom stereocenters. The largest absolute Gasteiger partial charge is 0.505 e. The molecule has 0 saturated heterocycles. The first-order valence-electron chi connectivity index (χ1n) is 34.3. The standard InChI is InChI=1S/C19H13N3.2C18H12N4.C18H16N2.C15H10N2.10CH3.5Ir/c1-2-7-15(8-3-1)20-13-19-18-11-6-12-21(18)16-9-4-5-10-17(16)22(19)14-20;1-2-6-14(7-3-1)20-11-18-17-10-19-12-21(17)15-8-4-5-9-16(15)22(18)13-20;1-2-6-14(7-3-1)20-12-18-17-10-11-19-22(17)16-9-5-4-8-15(16)21(18)13-20;1-13(2)19-11-18-16-9-4-3-7-14(16)15-8-5-6-10-17(15)20(18)12-19;1-3-8-14-12(6-1)13-7-2-4-9-15(13)17-11-5-10-16(14)17;;;;;;;;;;;;;;;/h1-9,11-14H;1-8,10-13H;1-7,9-13H;3-9,11-13H,1-2H3;1-8,10-11H;10*1H3;;;;;/q5*-2;10*-1;;;;;. The molecule has 0 N–H and O–H groups in total. The van der Waals surface area contributed by atoms with Crippen LogP contribution in [0.15, 0.2) is 311 Å².